The van der Waals surface area contributed by atoms with Crippen molar-refractivity contribution in [2.75, 3.05) is 0 Å². The second-order valence-corrected chi connectivity index (χ2v) is 11.8. The smallest absolute Gasteiger partial charge is 0.0275 e. The molecule has 27 heavy (non-hydrogen) atoms. The molecule has 0 nitrogen and oxygen atoms in total. The van der Waals surface area contributed by atoms with Crippen LogP contribution in [0.4, 0.5) is 0 Å². The molecule has 164 valence electrons. The average molecular weight is 381 g/mol. The molecule has 0 aromatic rings. The van der Waals surface area contributed by atoms with Crippen LogP contribution < -0.4 is 0 Å². The summed E-state index contributed by atoms with van der Waals surface area (Å²) in [5.74, 6) is 5.43. The largest absolute Gasteiger partial charge is 0.0654 e. The van der Waals surface area contributed by atoms with Crippen molar-refractivity contribution < 1.29 is 0 Å². The van der Waals surface area contributed by atoms with Crippen LogP contribution in [0, 0.1) is 52.3 Å². The summed E-state index contributed by atoms with van der Waals surface area (Å²) < 4.78 is 0. The highest BCUT2D eigenvalue weighted by Crippen LogP contribution is 2.50. The lowest BCUT2D eigenvalue weighted by Gasteiger charge is -2.50. The van der Waals surface area contributed by atoms with Gasteiger partial charge in [-0.1, -0.05) is 116 Å². The van der Waals surface area contributed by atoms with Crippen molar-refractivity contribution in [1.82, 2.24) is 0 Å². The van der Waals surface area contributed by atoms with Crippen molar-refractivity contribution in [2.24, 2.45) is 52.3 Å². The molecule has 6 atom stereocenters. The zero-order valence-corrected chi connectivity index (χ0v) is 21.6. The van der Waals surface area contributed by atoms with E-state index in [1.807, 2.05) is 0 Å². The molecule has 0 aromatic heterocycles. The summed E-state index contributed by atoms with van der Waals surface area (Å²) >= 11 is 0. The second kappa shape index (κ2) is 11.3. The summed E-state index contributed by atoms with van der Waals surface area (Å²) in [6.45, 7) is 32.3. The van der Waals surface area contributed by atoms with Gasteiger partial charge in [0.2, 0.25) is 0 Å². The van der Waals surface area contributed by atoms with E-state index in [0.717, 1.165) is 41.4 Å². The minimum atomic E-state index is 0.384. The van der Waals surface area contributed by atoms with E-state index in [0.29, 0.717) is 10.8 Å². The first-order chi connectivity index (χ1) is 12.2. The Hall–Kier alpha value is 0. The molecule has 0 heteroatoms. The van der Waals surface area contributed by atoms with Crippen LogP contribution in [0.3, 0.4) is 0 Å². The fraction of sp³-hybridized carbons (Fsp3) is 1.00. The summed E-state index contributed by atoms with van der Waals surface area (Å²) in [6.07, 6.45) is 6.81. The van der Waals surface area contributed by atoms with Crippen molar-refractivity contribution in [2.45, 2.75) is 122 Å². The molecule has 0 aromatic carbocycles. The van der Waals surface area contributed by atoms with Crippen molar-refractivity contribution in [1.29, 1.82) is 0 Å². The third kappa shape index (κ3) is 7.08. The van der Waals surface area contributed by atoms with Crippen LogP contribution in [0.2, 0.25) is 0 Å². The first-order valence-corrected chi connectivity index (χ1v) is 12.2. The van der Waals surface area contributed by atoms with Gasteiger partial charge in [-0.15, -0.1) is 0 Å². The maximum Gasteiger partial charge on any atom is -0.0275 e. The van der Waals surface area contributed by atoms with Crippen LogP contribution >= 0.6 is 0 Å². The molecule has 0 rings (SSSR count). The summed E-state index contributed by atoms with van der Waals surface area (Å²) in [5, 5.41) is 0. The molecule has 0 radical (unpaired) electrons. The van der Waals surface area contributed by atoms with Crippen LogP contribution in [-0.2, 0) is 0 Å². The summed E-state index contributed by atoms with van der Waals surface area (Å²) in [5.41, 5.74) is 0.833. The van der Waals surface area contributed by atoms with E-state index in [-0.39, 0.29) is 0 Å². The molecule has 0 saturated carbocycles. The van der Waals surface area contributed by atoms with Crippen LogP contribution in [0.5, 0.6) is 0 Å². The Morgan fingerprint density at radius 2 is 1.19 bits per heavy atom. The Morgan fingerprint density at radius 3 is 1.59 bits per heavy atom. The van der Waals surface area contributed by atoms with Gasteiger partial charge in [-0.3, -0.25) is 0 Å². The second-order valence-electron chi connectivity index (χ2n) is 11.8. The standard InChI is InChI=1S/C27H56/c1-14-18-27(13,20(4)5)25(10)22(7)24(9)26(11,12)23(8)21(6)17-15-16-19(2)3/h19-25H,14-18H2,1-13H3. The monoisotopic (exact) mass is 380 g/mol. The van der Waals surface area contributed by atoms with Gasteiger partial charge in [0.05, 0.1) is 0 Å². The Kier molecular flexibility index (Phi) is 11.3. The van der Waals surface area contributed by atoms with Gasteiger partial charge in [0, 0.05) is 0 Å². The first-order valence-electron chi connectivity index (χ1n) is 12.2. The molecule has 0 aliphatic carbocycles. The van der Waals surface area contributed by atoms with Crippen LogP contribution in [0.15, 0.2) is 0 Å². The predicted molar refractivity (Wildman–Crippen MR) is 126 cm³/mol. The van der Waals surface area contributed by atoms with Gasteiger partial charge in [0.1, 0.15) is 0 Å². The molecule has 0 fully saturated rings. The lowest BCUT2D eigenvalue weighted by molar-refractivity contribution is -0.00772. The molecule has 0 N–H and O–H groups in total. The molecule has 0 aliphatic heterocycles. The topological polar surface area (TPSA) is 0 Å². The summed E-state index contributed by atoms with van der Waals surface area (Å²) in [4.78, 5) is 0. The van der Waals surface area contributed by atoms with E-state index in [1.165, 1.54) is 32.1 Å². The van der Waals surface area contributed by atoms with Crippen LogP contribution in [-0.4, -0.2) is 0 Å². The molecule has 6 unspecified atom stereocenters. The van der Waals surface area contributed by atoms with E-state index in [4.69, 9.17) is 0 Å². The molecule has 0 bridgehead atoms. The number of rotatable bonds is 13. The van der Waals surface area contributed by atoms with Gasteiger partial charge < -0.3 is 0 Å². The fourth-order valence-corrected chi connectivity index (χ4v) is 5.54. The summed E-state index contributed by atoms with van der Waals surface area (Å²) in [7, 11) is 0. The highest BCUT2D eigenvalue weighted by Gasteiger charge is 2.43. The third-order valence-electron chi connectivity index (χ3n) is 9.37. The van der Waals surface area contributed by atoms with Gasteiger partial charge in [-0.05, 0) is 58.7 Å². The van der Waals surface area contributed by atoms with Gasteiger partial charge in [-0.25, -0.2) is 0 Å². The summed E-state index contributed by atoms with van der Waals surface area (Å²) in [6, 6.07) is 0. The van der Waals surface area contributed by atoms with Gasteiger partial charge >= 0.3 is 0 Å². The van der Waals surface area contributed by atoms with Crippen molar-refractivity contribution in [3.63, 3.8) is 0 Å². The van der Waals surface area contributed by atoms with Gasteiger partial charge in [0.15, 0.2) is 0 Å². The molecule has 0 saturated heterocycles. The van der Waals surface area contributed by atoms with E-state index in [2.05, 4.69) is 90.0 Å². The van der Waals surface area contributed by atoms with Crippen molar-refractivity contribution in [3.8, 4) is 0 Å². The number of hydrogen-bond donors (Lipinski definition) is 0. The maximum atomic E-state index is 2.56. The lowest BCUT2D eigenvalue weighted by atomic mass is 9.56. The van der Waals surface area contributed by atoms with E-state index in [9.17, 15) is 0 Å². The van der Waals surface area contributed by atoms with Crippen LogP contribution in [0.1, 0.15) is 122 Å². The normalized spacial score (nSPS) is 21.0. The minimum Gasteiger partial charge on any atom is -0.0654 e. The van der Waals surface area contributed by atoms with Crippen molar-refractivity contribution >= 4 is 0 Å². The predicted octanol–water partition coefficient (Wildman–Crippen LogP) is 9.48. The maximum absolute atomic E-state index is 2.56. The zero-order chi connectivity index (χ0) is 21.6. The van der Waals surface area contributed by atoms with Gasteiger partial charge in [-0.2, -0.15) is 0 Å². The molecule has 0 spiro atoms. The highest BCUT2D eigenvalue weighted by atomic mass is 14.5. The van der Waals surface area contributed by atoms with E-state index < -0.39 is 0 Å². The minimum absolute atomic E-state index is 0.384. The molecule has 0 amide bonds. The Bertz CT molecular complexity index is 391. The van der Waals surface area contributed by atoms with Crippen LogP contribution in [0.25, 0.3) is 0 Å². The molecular weight excluding hydrogens is 324 g/mol. The van der Waals surface area contributed by atoms with E-state index >= 15 is 0 Å². The quantitative estimate of drug-likeness (QED) is 0.298. The van der Waals surface area contributed by atoms with Crippen molar-refractivity contribution in [3.05, 3.63) is 0 Å². The van der Waals surface area contributed by atoms with E-state index in [1.54, 1.807) is 0 Å². The Balaban J connectivity index is 5.21. The first kappa shape index (κ1) is 27.0. The average Bonchev–Trinajstić information content (AvgIpc) is 2.58. The lowest BCUT2D eigenvalue weighted by Crippen LogP contribution is -2.43. The Morgan fingerprint density at radius 1 is 0.667 bits per heavy atom. The van der Waals surface area contributed by atoms with Gasteiger partial charge in [0.25, 0.3) is 0 Å². The molecular formula is C27H56. The highest BCUT2D eigenvalue weighted by molar-refractivity contribution is 4.92. The number of hydrogen-bond acceptors (Lipinski definition) is 0. The fourth-order valence-electron chi connectivity index (χ4n) is 5.54. The molecule has 0 heterocycles. The zero-order valence-electron chi connectivity index (χ0n) is 21.6. The molecule has 0 aliphatic rings. The Labute approximate surface area is 174 Å². The third-order valence-corrected chi connectivity index (χ3v) is 9.37. The SMILES string of the molecule is CCCC(C)(C(C)C)C(C)C(C)C(C)C(C)(C)C(C)C(C)CCCC(C)C.